The summed E-state index contributed by atoms with van der Waals surface area (Å²) in [6.45, 7) is 0. The van der Waals surface area contributed by atoms with E-state index >= 15 is 0 Å². The number of benzene rings is 1. The smallest absolute Gasteiger partial charge is 0.276 e. The summed E-state index contributed by atoms with van der Waals surface area (Å²) in [4.78, 5) is 10.9. The Labute approximate surface area is 115 Å². The van der Waals surface area contributed by atoms with Gasteiger partial charge < -0.3 is 0 Å². The first-order valence-electron chi connectivity index (χ1n) is 4.13. The van der Waals surface area contributed by atoms with E-state index in [4.69, 9.17) is 11.6 Å². The van der Waals surface area contributed by atoms with Crippen LogP contribution in [0.25, 0.3) is 0 Å². The van der Waals surface area contributed by atoms with Crippen molar-refractivity contribution in [3.63, 3.8) is 0 Å². The zero-order valence-electron chi connectivity index (χ0n) is 8.09. The van der Waals surface area contributed by atoms with Gasteiger partial charge in [0.15, 0.2) is 0 Å². The third-order valence-electron chi connectivity index (χ3n) is 1.95. The molecular formula is C9H2ClF6IO. The minimum absolute atomic E-state index is 0.195. The highest BCUT2D eigenvalue weighted by Gasteiger charge is 2.41. The van der Waals surface area contributed by atoms with Crippen LogP contribution in [0.15, 0.2) is 12.1 Å². The van der Waals surface area contributed by atoms with Crippen molar-refractivity contribution in [2.75, 3.05) is 0 Å². The van der Waals surface area contributed by atoms with Crippen LogP contribution in [0.5, 0.6) is 0 Å². The molecule has 1 aromatic carbocycles. The zero-order chi connectivity index (χ0) is 14.3. The van der Waals surface area contributed by atoms with Gasteiger partial charge in [0, 0.05) is 3.57 Å². The van der Waals surface area contributed by atoms with Crippen LogP contribution in [0.3, 0.4) is 0 Å². The Morgan fingerprint density at radius 1 is 1.00 bits per heavy atom. The number of carbonyl (C=O) groups is 1. The minimum Gasteiger partial charge on any atom is -0.276 e. The molecule has 0 aliphatic rings. The van der Waals surface area contributed by atoms with E-state index in [1.54, 1.807) is 0 Å². The number of alkyl halides is 6. The quantitative estimate of drug-likeness (QED) is 0.378. The van der Waals surface area contributed by atoms with Gasteiger partial charge in [-0.3, -0.25) is 4.79 Å². The van der Waals surface area contributed by atoms with Gasteiger partial charge in [0.1, 0.15) is 0 Å². The first-order chi connectivity index (χ1) is 7.96. The standard InChI is InChI=1S/C9H2ClF6IO/c10-7(18)5-3(8(11,12)13)1-2-4(6(5)17)9(14,15)16/h1-2H. The molecule has 0 N–H and O–H groups in total. The molecule has 18 heavy (non-hydrogen) atoms. The maximum atomic E-state index is 12.5. The first-order valence-corrected chi connectivity index (χ1v) is 5.58. The van der Waals surface area contributed by atoms with Crippen molar-refractivity contribution in [3.8, 4) is 0 Å². The Morgan fingerprint density at radius 2 is 1.39 bits per heavy atom. The largest absolute Gasteiger partial charge is 0.417 e. The number of hydrogen-bond acceptors (Lipinski definition) is 1. The summed E-state index contributed by atoms with van der Waals surface area (Å²) in [7, 11) is 0. The Morgan fingerprint density at radius 3 is 1.72 bits per heavy atom. The third-order valence-corrected chi connectivity index (χ3v) is 3.26. The number of hydrogen-bond donors (Lipinski definition) is 0. The van der Waals surface area contributed by atoms with Gasteiger partial charge >= 0.3 is 12.4 Å². The molecule has 9 heteroatoms. The molecule has 0 aliphatic carbocycles. The highest BCUT2D eigenvalue weighted by molar-refractivity contribution is 14.1. The number of rotatable bonds is 1. The molecule has 0 radical (unpaired) electrons. The summed E-state index contributed by atoms with van der Waals surface area (Å²) >= 11 is 5.95. The minimum atomic E-state index is -4.95. The molecule has 1 nitrogen and oxygen atoms in total. The van der Waals surface area contributed by atoms with Gasteiger partial charge in [-0.2, -0.15) is 26.3 Å². The second-order valence-corrected chi connectivity index (χ2v) is 4.54. The van der Waals surface area contributed by atoms with Crippen molar-refractivity contribution in [3.05, 3.63) is 32.4 Å². The Hall–Kier alpha value is -0.510. The molecule has 1 aromatic rings. The van der Waals surface area contributed by atoms with Gasteiger partial charge in [-0.1, -0.05) is 0 Å². The highest BCUT2D eigenvalue weighted by Crippen LogP contribution is 2.40. The molecule has 0 aliphatic heterocycles. The molecule has 0 spiro atoms. The second-order valence-electron chi connectivity index (χ2n) is 3.12. The van der Waals surface area contributed by atoms with E-state index in [2.05, 4.69) is 0 Å². The van der Waals surface area contributed by atoms with Crippen LogP contribution in [0.2, 0.25) is 0 Å². The van der Waals surface area contributed by atoms with Crippen LogP contribution in [0.4, 0.5) is 26.3 Å². The van der Waals surface area contributed by atoms with Gasteiger partial charge in [0.25, 0.3) is 5.24 Å². The molecule has 1 rings (SSSR count). The Bertz CT molecular complexity index is 493. The third kappa shape index (κ3) is 3.08. The maximum absolute atomic E-state index is 12.5. The average Bonchev–Trinajstić information content (AvgIpc) is 2.12. The monoisotopic (exact) mass is 402 g/mol. The van der Waals surface area contributed by atoms with Crippen LogP contribution in [0, 0.1) is 3.57 Å². The lowest BCUT2D eigenvalue weighted by molar-refractivity contribution is -0.142. The summed E-state index contributed by atoms with van der Waals surface area (Å²) < 4.78 is 74.1. The fourth-order valence-corrected chi connectivity index (χ4v) is 2.60. The topological polar surface area (TPSA) is 17.1 Å². The van der Waals surface area contributed by atoms with Crippen LogP contribution < -0.4 is 0 Å². The Balaban J connectivity index is 3.64. The number of halogens is 8. The highest BCUT2D eigenvalue weighted by atomic mass is 127. The molecule has 100 valence electrons. The molecule has 0 heterocycles. The molecule has 0 unspecified atom stereocenters. The van der Waals surface area contributed by atoms with E-state index in [0.717, 1.165) is 22.6 Å². The molecule has 0 aromatic heterocycles. The van der Waals surface area contributed by atoms with Crippen molar-refractivity contribution >= 4 is 39.4 Å². The van der Waals surface area contributed by atoms with Crippen molar-refractivity contribution in [2.45, 2.75) is 12.4 Å². The molecule has 0 amide bonds. The van der Waals surface area contributed by atoms with Crippen LogP contribution >= 0.6 is 34.2 Å². The van der Waals surface area contributed by atoms with Crippen LogP contribution in [-0.2, 0) is 12.4 Å². The van der Waals surface area contributed by atoms with Gasteiger partial charge in [0.2, 0.25) is 0 Å². The Kier molecular flexibility index (Phi) is 4.21. The van der Waals surface area contributed by atoms with E-state index < -0.39 is 37.9 Å². The molecule has 0 saturated carbocycles. The predicted molar refractivity (Wildman–Crippen MR) is 59.3 cm³/mol. The summed E-state index contributed by atoms with van der Waals surface area (Å²) in [5, 5.41) is -1.59. The lowest BCUT2D eigenvalue weighted by Crippen LogP contribution is -2.17. The summed E-state index contributed by atoms with van der Waals surface area (Å²) in [6.07, 6.45) is -9.81. The van der Waals surface area contributed by atoms with Crippen molar-refractivity contribution in [2.24, 2.45) is 0 Å². The van der Waals surface area contributed by atoms with Crippen molar-refractivity contribution in [1.29, 1.82) is 0 Å². The SMILES string of the molecule is O=C(Cl)c1c(C(F)(F)F)ccc(C(F)(F)F)c1I. The second kappa shape index (κ2) is 4.87. The van der Waals surface area contributed by atoms with E-state index in [0.29, 0.717) is 0 Å². The lowest BCUT2D eigenvalue weighted by atomic mass is 10.0. The fourth-order valence-electron chi connectivity index (χ4n) is 1.22. The maximum Gasteiger partial charge on any atom is 0.417 e. The van der Waals surface area contributed by atoms with E-state index in [-0.39, 0.29) is 12.1 Å². The fraction of sp³-hybridized carbons (Fsp3) is 0.222. The van der Waals surface area contributed by atoms with Crippen molar-refractivity contribution < 1.29 is 31.1 Å². The molecular weight excluding hydrogens is 400 g/mol. The van der Waals surface area contributed by atoms with E-state index in [1.807, 2.05) is 0 Å². The lowest BCUT2D eigenvalue weighted by Gasteiger charge is -2.16. The van der Waals surface area contributed by atoms with Gasteiger partial charge in [-0.25, -0.2) is 0 Å². The summed E-state index contributed by atoms with van der Waals surface area (Å²) in [6, 6.07) is 0.467. The molecule has 0 atom stereocenters. The predicted octanol–water partition coefficient (Wildman–Crippen LogP) is 4.71. The van der Waals surface area contributed by atoms with Gasteiger partial charge in [-0.15, -0.1) is 0 Å². The van der Waals surface area contributed by atoms with Crippen LogP contribution in [0.1, 0.15) is 21.5 Å². The molecule has 0 bridgehead atoms. The first kappa shape index (κ1) is 15.5. The molecule has 0 saturated heterocycles. The van der Waals surface area contributed by atoms with Gasteiger partial charge in [0.05, 0.1) is 16.7 Å². The summed E-state index contributed by atoms with van der Waals surface area (Å²) in [5.41, 5.74) is -4.00. The van der Waals surface area contributed by atoms with Crippen LogP contribution in [-0.4, -0.2) is 5.24 Å². The van der Waals surface area contributed by atoms with E-state index in [9.17, 15) is 31.1 Å². The average molecular weight is 402 g/mol. The summed E-state index contributed by atoms with van der Waals surface area (Å²) in [5.74, 6) is 0. The van der Waals surface area contributed by atoms with Gasteiger partial charge in [-0.05, 0) is 46.3 Å². The number of carbonyl (C=O) groups excluding carboxylic acids is 1. The molecule has 0 fully saturated rings. The normalized spacial score (nSPS) is 12.7. The van der Waals surface area contributed by atoms with E-state index in [1.165, 1.54) is 0 Å². The van der Waals surface area contributed by atoms with Crippen molar-refractivity contribution in [1.82, 2.24) is 0 Å². The zero-order valence-corrected chi connectivity index (χ0v) is 11.0.